The molecular weight excluding hydrogens is 260 g/mol. The second-order valence-corrected chi connectivity index (χ2v) is 5.58. The first-order valence-electron chi connectivity index (χ1n) is 7.23. The molecule has 0 bridgehead atoms. The number of likely N-dealkylation sites (N-methyl/N-ethyl adjacent to an activating group) is 1. The van der Waals surface area contributed by atoms with Crippen LogP contribution in [-0.4, -0.2) is 20.2 Å². The average molecular weight is 284 g/mol. The summed E-state index contributed by atoms with van der Waals surface area (Å²) in [6.07, 6.45) is 0.925. The summed E-state index contributed by atoms with van der Waals surface area (Å²) in [6.45, 7) is 4.28. The Morgan fingerprint density at radius 1 is 1.19 bits per heavy atom. The van der Waals surface area contributed by atoms with Crippen molar-refractivity contribution in [3.63, 3.8) is 0 Å². The minimum Gasteiger partial charge on any atom is -0.496 e. The van der Waals surface area contributed by atoms with Crippen LogP contribution in [0.15, 0.2) is 42.5 Å². The molecule has 0 amide bonds. The molecule has 0 aliphatic rings. The van der Waals surface area contributed by atoms with E-state index in [1.165, 1.54) is 11.1 Å². The van der Waals surface area contributed by atoms with Crippen molar-refractivity contribution >= 4 is 11.4 Å². The lowest BCUT2D eigenvalue weighted by Crippen LogP contribution is -2.30. The molecule has 0 heterocycles. The third-order valence-electron chi connectivity index (χ3n) is 3.86. The average Bonchev–Trinajstić information content (AvgIpc) is 2.46. The number of ether oxygens (including phenoxy) is 1. The molecule has 0 radical (unpaired) electrons. The SMILES string of the molecule is COc1ccccc1CC(C)N(C)c1cc(C)cc(N)c1. The van der Waals surface area contributed by atoms with Gasteiger partial charge < -0.3 is 15.4 Å². The van der Waals surface area contributed by atoms with Crippen molar-refractivity contribution in [2.75, 3.05) is 24.8 Å². The fraction of sp³-hybridized carbons (Fsp3) is 0.333. The highest BCUT2D eigenvalue weighted by Crippen LogP contribution is 2.25. The summed E-state index contributed by atoms with van der Waals surface area (Å²) in [6, 6.07) is 14.7. The number of hydrogen-bond donors (Lipinski definition) is 1. The normalized spacial score (nSPS) is 12.0. The molecule has 2 aromatic carbocycles. The Morgan fingerprint density at radius 3 is 2.57 bits per heavy atom. The summed E-state index contributed by atoms with van der Waals surface area (Å²) >= 11 is 0. The van der Waals surface area contributed by atoms with Gasteiger partial charge in [0.25, 0.3) is 0 Å². The third kappa shape index (κ3) is 3.69. The highest BCUT2D eigenvalue weighted by atomic mass is 16.5. The van der Waals surface area contributed by atoms with E-state index in [1.807, 2.05) is 24.3 Å². The molecule has 3 nitrogen and oxygen atoms in total. The van der Waals surface area contributed by atoms with Crippen LogP contribution in [0, 0.1) is 6.92 Å². The molecule has 112 valence electrons. The van der Waals surface area contributed by atoms with Crippen molar-refractivity contribution < 1.29 is 4.74 Å². The second kappa shape index (κ2) is 6.53. The maximum atomic E-state index is 5.95. The Kier molecular flexibility index (Phi) is 4.73. The zero-order valence-electron chi connectivity index (χ0n) is 13.3. The molecule has 0 saturated carbocycles. The number of nitrogens with zero attached hydrogens (tertiary/aromatic N) is 1. The maximum absolute atomic E-state index is 5.95. The van der Waals surface area contributed by atoms with Crippen LogP contribution in [0.2, 0.25) is 0 Å². The van der Waals surface area contributed by atoms with Gasteiger partial charge in [0, 0.05) is 24.5 Å². The quantitative estimate of drug-likeness (QED) is 0.852. The predicted octanol–water partition coefficient (Wildman–Crippen LogP) is 3.65. The molecule has 0 aromatic heterocycles. The zero-order chi connectivity index (χ0) is 15.4. The molecule has 0 aliphatic heterocycles. The minimum absolute atomic E-state index is 0.350. The van der Waals surface area contributed by atoms with Crippen molar-refractivity contribution in [1.82, 2.24) is 0 Å². The standard InChI is InChI=1S/C18H24N2O/c1-13-9-16(19)12-17(10-13)20(3)14(2)11-15-7-5-6-8-18(15)21-4/h5-10,12,14H,11,19H2,1-4H3. The molecule has 2 rings (SSSR count). The van der Waals surface area contributed by atoms with E-state index >= 15 is 0 Å². The van der Waals surface area contributed by atoms with Crippen LogP contribution in [0.3, 0.4) is 0 Å². The van der Waals surface area contributed by atoms with Gasteiger partial charge >= 0.3 is 0 Å². The lowest BCUT2D eigenvalue weighted by atomic mass is 10.0. The van der Waals surface area contributed by atoms with E-state index in [0.29, 0.717) is 6.04 Å². The van der Waals surface area contributed by atoms with E-state index in [0.717, 1.165) is 23.5 Å². The van der Waals surface area contributed by atoms with E-state index in [4.69, 9.17) is 10.5 Å². The predicted molar refractivity (Wildman–Crippen MR) is 90.2 cm³/mol. The Morgan fingerprint density at radius 2 is 1.90 bits per heavy atom. The molecule has 1 atom stereocenters. The van der Waals surface area contributed by atoms with Gasteiger partial charge in [0.1, 0.15) is 5.75 Å². The fourth-order valence-electron chi connectivity index (χ4n) is 2.58. The van der Waals surface area contributed by atoms with Crippen LogP contribution in [0.4, 0.5) is 11.4 Å². The number of nitrogens with two attached hydrogens (primary N) is 1. The lowest BCUT2D eigenvalue weighted by Gasteiger charge is -2.28. The van der Waals surface area contributed by atoms with E-state index in [9.17, 15) is 0 Å². The molecule has 2 N–H and O–H groups in total. The van der Waals surface area contributed by atoms with Crippen LogP contribution in [0.5, 0.6) is 5.75 Å². The van der Waals surface area contributed by atoms with Crippen molar-refractivity contribution in [1.29, 1.82) is 0 Å². The number of benzene rings is 2. The molecule has 1 unspecified atom stereocenters. The Bertz CT molecular complexity index is 590. The van der Waals surface area contributed by atoms with Crippen LogP contribution in [0.1, 0.15) is 18.1 Å². The maximum Gasteiger partial charge on any atom is 0.122 e. The molecule has 0 saturated heterocycles. The zero-order valence-corrected chi connectivity index (χ0v) is 13.3. The van der Waals surface area contributed by atoms with Gasteiger partial charge in [0.05, 0.1) is 7.11 Å². The summed E-state index contributed by atoms with van der Waals surface area (Å²) in [5.41, 5.74) is 10.3. The van der Waals surface area contributed by atoms with Crippen molar-refractivity contribution in [2.45, 2.75) is 26.3 Å². The summed E-state index contributed by atoms with van der Waals surface area (Å²) in [4.78, 5) is 2.26. The first-order valence-corrected chi connectivity index (χ1v) is 7.23. The van der Waals surface area contributed by atoms with Crippen molar-refractivity contribution in [2.24, 2.45) is 0 Å². The number of hydrogen-bond acceptors (Lipinski definition) is 3. The molecule has 0 aliphatic carbocycles. The third-order valence-corrected chi connectivity index (χ3v) is 3.86. The lowest BCUT2D eigenvalue weighted by molar-refractivity contribution is 0.408. The second-order valence-electron chi connectivity index (χ2n) is 5.58. The Hall–Kier alpha value is -2.16. The fourth-order valence-corrected chi connectivity index (χ4v) is 2.58. The van der Waals surface area contributed by atoms with Gasteiger partial charge in [-0.1, -0.05) is 18.2 Å². The van der Waals surface area contributed by atoms with E-state index in [1.54, 1.807) is 7.11 Å². The molecular formula is C18H24N2O. The number of rotatable bonds is 5. The highest BCUT2D eigenvalue weighted by molar-refractivity contribution is 5.58. The van der Waals surface area contributed by atoms with Gasteiger partial charge in [0.15, 0.2) is 0 Å². The first-order chi connectivity index (χ1) is 10.0. The summed E-state index contributed by atoms with van der Waals surface area (Å²) in [5, 5.41) is 0. The molecule has 0 fully saturated rings. The molecule has 0 spiro atoms. The summed E-state index contributed by atoms with van der Waals surface area (Å²) in [7, 11) is 3.82. The van der Waals surface area contributed by atoms with Crippen LogP contribution >= 0.6 is 0 Å². The van der Waals surface area contributed by atoms with Crippen molar-refractivity contribution in [3.8, 4) is 5.75 Å². The summed E-state index contributed by atoms with van der Waals surface area (Å²) in [5.74, 6) is 0.946. The Balaban J connectivity index is 2.17. The first kappa shape index (κ1) is 15.2. The van der Waals surface area contributed by atoms with E-state index in [-0.39, 0.29) is 0 Å². The van der Waals surface area contributed by atoms with Gasteiger partial charge in [-0.25, -0.2) is 0 Å². The van der Waals surface area contributed by atoms with Crippen LogP contribution in [-0.2, 0) is 6.42 Å². The van der Waals surface area contributed by atoms with Gasteiger partial charge in [-0.2, -0.15) is 0 Å². The van der Waals surface area contributed by atoms with Gasteiger partial charge in [-0.3, -0.25) is 0 Å². The molecule has 3 heteroatoms. The van der Waals surface area contributed by atoms with Crippen LogP contribution in [0.25, 0.3) is 0 Å². The smallest absolute Gasteiger partial charge is 0.122 e. The number of anilines is 2. The molecule has 21 heavy (non-hydrogen) atoms. The van der Waals surface area contributed by atoms with E-state index < -0.39 is 0 Å². The van der Waals surface area contributed by atoms with Crippen molar-refractivity contribution in [3.05, 3.63) is 53.6 Å². The summed E-state index contributed by atoms with van der Waals surface area (Å²) < 4.78 is 5.43. The van der Waals surface area contributed by atoms with Gasteiger partial charge in [-0.15, -0.1) is 0 Å². The minimum atomic E-state index is 0.350. The van der Waals surface area contributed by atoms with E-state index in [2.05, 4.69) is 44.0 Å². The highest BCUT2D eigenvalue weighted by Gasteiger charge is 2.14. The number of para-hydroxylation sites is 1. The monoisotopic (exact) mass is 284 g/mol. The topological polar surface area (TPSA) is 38.5 Å². The number of aryl methyl sites for hydroxylation is 1. The van der Waals surface area contributed by atoms with Gasteiger partial charge in [0.2, 0.25) is 0 Å². The Labute approximate surface area is 127 Å². The number of methoxy groups -OCH3 is 1. The van der Waals surface area contributed by atoms with Crippen LogP contribution < -0.4 is 15.4 Å². The van der Waals surface area contributed by atoms with Gasteiger partial charge in [-0.05, 0) is 55.7 Å². The largest absolute Gasteiger partial charge is 0.496 e. The molecule has 2 aromatic rings. The number of nitrogen functional groups attached to an aromatic ring is 1.